The molecule has 1 heterocycles. The van der Waals surface area contributed by atoms with Crippen LogP contribution in [0.3, 0.4) is 0 Å². The zero-order valence-electron chi connectivity index (χ0n) is 15.8. The molecule has 0 bridgehead atoms. The number of benzene rings is 2. The van der Waals surface area contributed by atoms with Gasteiger partial charge in [0.15, 0.2) is 0 Å². The van der Waals surface area contributed by atoms with Crippen LogP contribution in [0.4, 0.5) is 0 Å². The topological polar surface area (TPSA) is 64.9 Å². The largest absolute Gasteiger partial charge is 0.330 e. The molecule has 0 aliphatic heterocycles. The van der Waals surface area contributed by atoms with E-state index in [1.807, 2.05) is 18.3 Å². The van der Waals surface area contributed by atoms with Gasteiger partial charge in [-0.3, -0.25) is 4.98 Å². The van der Waals surface area contributed by atoms with Gasteiger partial charge < -0.3 is 11.5 Å². The lowest BCUT2D eigenvalue weighted by atomic mass is 9.98. The van der Waals surface area contributed by atoms with Gasteiger partial charge in [0, 0.05) is 55.0 Å². The Labute approximate surface area is 166 Å². The van der Waals surface area contributed by atoms with E-state index >= 15 is 0 Å². The molecule has 0 saturated carbocycles. The Morgan fingerprint density at radius 2 is 1.21 bits per heavy atom. The molecule has 4 N–H and O–H groups in total. The lowest BCUT2D eigenvalue weighted by Gasteiger charge is -2.07. The molecular formula is C25H23N3. The molecule has 138 valence electrons. The van der Waals surface area contributed by atoms with E-state index in [4.69, 9.17) is 11.5 Å². The number of aromatic nitrogens is 1. The molecule has 1 aromatic heterocycles. The van der Waals surface area contributed by atoms with E-state index in [9.17, 15) is 0 Å². The molecule has 28 heavy (non-hydrogen) atoms. The molecule has 3 heteroatoms. The molecule has 0 radical (unpaired) electrons. The summed E-state index contributed by atoms with van der Waals surface area (Å²) in [4.78, 5) is 4.34. The van der Waals surface area contributed by atoms with E-state index in [1.165, 1.54) is 0 Å². The van der Waals surface area contributed by atoms with Crippen molar-refractivity contribution >= 4 is 0 Å². The van der Waals surface area contributed by atoms with Crippen molar-refractivity contribution in [3.05, 3.63) is 78.1 Å². The maximum atomic E-state index is 5.51. The van der Waals surface area contributed by atoms with Gasteiger partial charge in [-0.05, 0) is 41.0 Å². The van der Waals surface area contributed by atoms with Gasteiger partial charge in [-0.15, -0.1) is 0 Å². The fourth-order valence-corrected chi connectivity index (χ4v) is 2.79. The summed E-state index contributed by atoms with van der Waals surface area (Å²) in [6, 6.07) is 18.7. The predicted octanol–water partition coefficient (Wildman–Crippen LogP) is 3.82. The summed E-state index contributed by atoms with van der Waals surface area (Å²) in [5, 5.41) is 0. The second kappa shape index (κ2) is 10.1. The van der Waals surface area contributed by atoms with Crippen LogP contribution in [0.2, 0.25) is 0 Å². The van der Waals surface area contributed by atoms with Crippen LogP contribution in [0.5, 0.6) is 0 Å². The van der Waals surface area contributed by atoms with Crippen molar-refractivity contribution in [3.8, 4) is 45.9 Å². The SMILES string of the molecule is NCCC#Cc1cccc(-c2cccc(-c3cncc(C#CCCN)c3)c2)c1. The van der Waals surface area contributed by atoms with Gasteiger partial charge in [0.05, 0.1) is 0 Å². The molecule has 0 aliphatic rings. The van der Waals surface area contributed by atoms with Gasteiger partial charge in [-0.1, -0.05) is 54.0 Å². The molecule has 3 rings (SSSR count). The Balaban J connectivity index is 1.90. The molecule has 0 fully saturated rings. The van der Waals surface area contributed by atoms with Crippen molar-refractivity contribution < 1.29 is 0 Å². The maximum absolute atomic E-state index is 5.51. The van der Waals surface area contributed by atoms with Crippen LogP contribution < -0.4 is 11.5 Å². The van der Waals surface area contributed by atoms with Crippen molar-refractivity contribution in [1.82, 2.24) is 4.98 Å². The molecule has 3 nitrogen and oxygen atoms in total. The van der Waals surface area contributed by atoms with Crippen molar-refractivity contribution in [1.29, 1.82) is 0 Å². The Bertz CT molecular complexity index is 979. The highest BCUT2D eigenvalue weighted by Gasteiger charge is 2.03. The summed E-state index contributed by atoms with van der Waals surface area (Å²) in [7, 11) is 0. The molecule has 0 aliphatic carbocycles. The lowest BCUT2D eigenvalue weighted by molar-refractivity contribution is 1.03. The van der Waals surface area contributed by atoms with Gasteiger partial charge in [-0.25, -0.2) is 0 Å². The van der Waals surface area contributed by atoms with Crippen molar-refractivity contribution in [2.24, 2.45) is 11.5 Å². The van der Waals surface area contributed by atoms with Gasteiger partial charge in [0.1, 0.15) is 0 Å². The minimum atomic E-state index is 0.567. The van der Waals surface area contributed by atoms with E-state index in [0.717, 1.165) is 33.4 Å². The minimum Gasteiger partial charge on any atom is -0.330 e. The van der Waals surface area contributed by atoms with Crippen LogP contribution >= 0.6 is 0 Å². The van der Waals surface area contributed by atoms with Crippen molar-refractivity contribution in [2.45, 2.75) is 12.8 Å². The highest BCUT2D eigenvalue weighted by atomic mass is 14.6. The smallest absolute Gasteiger partial charge is 0.0434 e. The molecule has 0 saturated heterocycles. The summed E-state index contributed by atoms with van der Waals surface area (Å²) in [5.74, 6) is 12.4. The summed E-state index contributed by atoms with van der Waals surface area (Å²) >= 11 is 0. The fourth-order valence-electron chi connectivity index (χ4n) is 2.79. The predicted molar refractivity (Wildman–Crippen MR) is 116 cm³/mol. The Kier molecular flexibility index (Phi) is 6.99. The van der Waals surface area contributed by atoms with Gasteiger partial charge >= 0.3 is 0 Å². The van der Waals surface area contributed by atoms with Crippen LogP contribution in [0.25, 0.3) is 22.3 Å². The van der Waals surface area contributed by atoms with Crippen LogP contribution in [0, 0.1) is 23.7 Å². The Hall–Kier alpha value is -3.37. The standard InChI is InChI=1S/C25H23N3/c26-13-3-1-7-20-9-5-10-22(15-20)23-11-6-12-24(17-23)25-16-21(18-28-19-25)8-2-4-14-27/h5-6,9-12,15-19H,3-4,13-14,26-27H2. The summed E-state index contributed by atoms with van der Waals surface area (Å²) in [5.41, 5.74) is 17.3. The van der Waals surface area contributed by atoms with Crippen LogP contribution in [0.1, 0.15) is 24.0 Å². The molecule has 0 atom stereocenters. The summed E-state index contributed by atoms with van der Waals surface area (Å²) in [6.45, 7) is 1.15. The number of pyridine rings is 1. The molecule has 2 aromatic carbocycles. The van der Waals surface area contributed by atoms with Crippen LogP contribution in [-0.2, 0) is 0 Å². The summed E-state index contributed by atoms with van der Waals surface area (Å²) in [6.07, 6.45) is 5.03. The van der Waals surface area contributed by atoms with Crippen molar-refractivity contribution in [3.63, 3.8) is 0 Å². The first-order valence-corrected chi connectivity index (χ1v) is 9.34. The number of nitrogens with two attached hydrogens (primary N) is 2. The highest BCUT2D eigenvalue weighted by molar-refractivity contribution is 5.74. The lowest BCUT2D eigenvalue weighted by Crippen LogP contribution is -1.95. The zero-order chi connectivity index (χ0) is 19.6. The number of nitrogens with zero attached hydrogens (tertiary/aromatic N) is 1. The third-order valence-corrected chi connectivity index (χ3v) is 4.13. The number of hydrogen-bond donors (Lipinski definition) is 2. The molecule has 3 aromatic rings. The monoisotopic (exact) mass is 365 g/mol. The normalized spacial score (nSPS) is 9.79. The van der Waals surface area contributed by atoms with Gasteiger partial charge in [0.2, 0.25) is 0 Å². The first-order valence-electron chi connectivity index (χ1n) is 9.34. The fraction of sp³-hybridized carbons (Fsp3) is 0.160. The molecule has 0 amide bonds. The Morgan fingerprint density at radius 1 is 0.643 bits per heavy atom. The third-order valence-electron chi connectivity index (χ3n) is 4.13. The first kappa shape index (κ1) is 19.4. The highest BCUT2D eigenvalue weighted by Crippen LogP contribution is 2.27. The first-order chi connectivity index (χ1) is 13.8. The maximum Gasteiger partial charge on any atom is 0.0434 e. The second-order valence-electron chi connectivity index (χ2n) is 6.30. The quantitative estimate of drug-likeness (QED) is 0.691. The van der Waals surface area contributed by atoms with E-state index in [0.29, 0.717) is 25.9 Å². The molecular weight excluding hydrogens is 342 g/mol. The average Bonchev–Trinajstić information content (AvgIpc) is 2.75. The van der Waals surface area contributed by atoms with E-state index in [-0.39, 0.29) is 0 Å². The molecule has 0 spiro atoms. The molecule has 0 unspecified atom stereocenters. The average molecular weight is 365 g/mol. The van der Waals surface area contributed by atoms with E-state index in [1.54, 1.807) is 6.20 Å². The van der Waals surface area contributed by atoms with Crippen LogP contribution in [-0.4, -0.2) is 18.1 Å². The number of rotatable bonds is 4. The van der Waals surface area contributed by atoms with Crippen molar-refractivity contribution in [2.75, 3.05) is 13.1 Å². The number of hydrogen-bond acceptors (Lipinski definition) is 3. The van der Waals surface area contributed by atoms with E-state index < -0.39 is 0 Å². The summed E-state index contributed by atoms with van der Waals surface area (Å²) < 4.78 is 0. The second-order valence-corrected chi connectivity index (χ2v) is 6.30. The van der Waals surface area contributed by atoms with Gasteiger partial charge in [-0.2, -0.15) is 0 Å². The zero-order valence-corrected chi connectivity index (χ0v) is 15.8. The Morgan fingerprint density at radius 3 is 1.93 bits per heavy atom. The van der Waals surface area contributed by atoms with Gasteiger partial charge in [0.25, 0.3) is 0 Å². The third kappa shape index (κ3) is 5.32. The van der Waals surface area contributed by atoms with Crippen LogP contribution in [0.15, 0.2) is 67.0 Å². The minimum absolute atomic E-state index is 0.567. The van der Waals surface area contributed by atoms with E-state index in [2.05, 4.69) is 71.1 Å².